The van der Waals surface area contributed by atoms with Crippen molar-refractivity contribution in [2.45, 2.75) is 0 Å². The third-order valence-electron chi connectivity index (χ3n) is 3.96. The van der Waals surface area contributed by atoms with Crippen LogP contribution in [-0.4, -0.2) is 40.5 Å². The lowest BCUT2D eigenvalue weighted by atomic mass is 10.2. The first kappa shape index (κ1) is 19.5. The van der Waals surface area contributed by atoms with Crippen molar-refractivity contribution in [3.63, 3.8) is 0 Å². The van der Waals surface area contributed by atoms with Gasteiger partial charge in [-0.3, -0.25) is 19.7 Å². The standard InChI is InChI=1S/C18H15N5O6/c1-29-12-5-2-10(3-6-12)17(25)19-9-15(24)21-22-16-13-8-11(23(27)28)4-7-14(13)20-18(16)26/h2-8,20,26H,9H2,1H3,(H,19,25). The maximum atomic E-state index is 12.0. The number of nitrogens with zero attached hydrogens (tertiary/aromatic N) is 3. The van der Waals surface area contributed by atoms with E-state index >= 15 is 0 Å². The summed E-state index contributed by atoms with van der Waals surface area (Å²) in [5.41, 5.74) is 0.406. The summed E-state index contributed by atoms with van der Waals surface area (Å²) < 4.78 is 5.00. The lowest BCUT2D eigenvalue weighted by molar-refractivity contribution is -0.384. The third-order valence-corrected chi connectivity index (χ3v) is 3.96. The van der Waals surface area contributed by atoms with Gasteiger partial charge in [0.15, 0.2) is 5.69 Å². The number of non-ortho nitro benzene ring substituents is 1. The number of aromatic hydroxyl groups is 1. The van der Waals surface area contributed by atoms with Crippen LogP contribution < -0.4 is 10.1 Å². The summed E-state index contributed by atoms with van der Waals surface area (Å²) in [6, 6.07) is 10.2. The molecule has 0 bridgehead atoms. The first-order chi connectivity index (χ1) is 13.9. The molecule has 11 nitrogen and oxygen atoms in total. The Morgan fingerprint density at radius 3 is 2.62 bits per heavy atom. The number of nitro groups is 1. The van der Waals surface area contributed by atoms with Crippen molar-refractivity contribution < 1.29 is 24.4 Å². The molecular formula is C18H15N5O6. The van der Waals surface area contributed by atoms with Crippen LogP contribution in [0.5, 0.6) is 11.6 Å². The van der Waals surface area contributed by atoms with Gasteiger partial charge < -0.3 is 20.1 Å². The van der Waals surface area contributed by atoms with E-state index in [4.69, 9.17) is 4.74 Å². The Bertz CT molecular complexity index is 1120. The number of aromatic amines is 1. The Balaban J connectivity index is 1.68. The van der Waals surface area contributed by atoms with Crippen LogP contribution in [0.3, 0.4) is 0 Å². The zero-order chi connectivity index (χ0) is 21.0. The lowest BCUT2D eigenvalue weighted by Gasteiger charge is -2.03. The molecule has 29 heavy (non-hydrogen) atoms. The second kappa shape index (κ2) is 8.17. The number of carbonyl (C=O) groups is 2. The minimum atomic E-state index is -0.772. The summed E-state index contributed by atoms with van der Waals surface area (Å²) in [6.07, 6.45) is 0. The van der Waals surface area contributed by atoms with Gasteiger partial charge in [-0.2, -0.15) is 0 Å². The Labute approximate surface area is 163 Å². The highest BCUT2D eigenvalue weighted by Gasteiger charge is 2.15. The highest BCUT2D eigenvalue weighted by Crippen LogP contribution is 2.37. The normalized spacial score (nSPS) is 10.9. The number of ether oxygens (including phenoxy) is 1. The molecule has 1 heterocycles. The average Bonchev–Trinajstić information content (AvgIpc) is 3.04. The van der Waals surface area contributed by atoms with Crippen molar-refractivity contribution in [3.8, 4) is 11.6 Å². The largest absolute Gasteiger partial charge is 0.497 e. The maximum Gasteiger partial charge on any atom is 0.283 e. The van der Waals surface area contributed by atoms with Crippen LogP contribution in [0.15, 0.2) is 52.7 Å². The third kappa shape index (κ3) is 4.35. The summed E-state index contributed by atoms with van der Waals surface area (Å²) in [6.45, 7) is -0.419. The number of amides is 2. The van der Waals surface area contributed by atoms with E-state index in [1.54, 1.807) is 12.1 Å². The van der Waals surface area contributed by atoms with E-state index in [0.717, 1.165) is 0 Å². The number of carbonyl (C=O) groups excluding carboxylic acids is 2. The van der Waals surface area contributed by atoms with Crippen LogP contribution in [0.25, 0.3) is 10.9 Å². The molecule has 11 heteroatoms. The molecule has 0 radical (unpaired) electrons. The minimum Gasteiger partial charge on any atom is -0.497 e. The van der Waals surface area contributed by atoms with E-state index in [-0.39, 0.29) is 22.6 Å². The minimum absolute atomic E-state index is 0.112. The number of H-pyrrole nitrogens is 1. The van der Waals surface area contributed by atoms with E-state index in [1.807, 2.05) is 0 Å². The van der Waals surface area contributed by atoms with Crippen molar-refractivity contribution in [1.29, 1.82) is 0 Å². The highest BCUT2D eigenvalue weighted by molar-refractivity contribution is 5.97. The molecule has 0 atom stereocenters. The molecule has 0 unspecified atom stereocenters. The Hall–Kier alpha value is -4.28. The summed E-state index contributed by atoms with van der Waals surface area (Å²) >= 11 is 0. The number of fused-ring (bicyclic) bond motifs is 1. The Kier molecular flexibility index (Phi) is 5.49. The molecule has 0 aliphatic rings. The smallest absolute Gasteiger partial charge is 0.283 e. The second-order valence-corrected chi connectivity index (χ2v) is 5.81. The number of hydrogen-bond acceptors (Lipinski definition) is 7. The highest BCUT2D eigenvalue weighted by atomic mass is 16.6. The fourth-order valence-electron chi connectivity index (χ4n) is 2.51. The van der Waals surface area contributed by atoms with Crippen molar-refractivity contribution in [3.05, 3.63) is 58.1 Å². The molecule has 1 aromatic heterocycles. The molecule has 0 saturated heterocycles. The number of azo groups is 1. The van der Waals surface area contributed by atoms with Gasteiger partial charge in [-0.05, 0) is 30.3 Å². The molecule has 148 valence electrons. The van der Waals surface area contributed by atoms with Gasteiger partial charge >= 0.3 is 0 Å². The van der Waals surface area contributed by atoms with Crippen molar-refractivity contribution in [1.82, 2.24) is 10.3 Å². The molecule has 2 amide bonds. The zero-order valence-corrected chi connectivity index (χ0v) is 15.1. The van der Waals surface area contributed by atoms with Gasteiger partial charge in [0.25, 0.3) is 17.5 Å². The first-order valence-corrected chi connectivity index (χ1v) is 8.25. The molecule has 3 rings (SSSR count). The summed E-state index contributed by atoms with van der Waals surface area (Å²) in [4.78, 5) is 36.8. The van der Waals surface area contributed by atoms with E-state index in [9.17, 15) is 24.8 Å². The van der Waals surface area contributed by atoms with E-state index in [2.05, 4.69) is 20.5 Å². The van der Waals surface area contributed by atoms with Gasteiger partial charge in [-0.15, -0.1) is 10.2 Å². The molecule has 3 aromatic rings. The van der Waals surface area contributed by atoms with Crippen molar-refractivity contribution in [2.24, 2.45) is 10.2 Å². The van der Waals surface area contributed by atoms with E-state index < -0.39 is 23.3 Å². The van der Waals surface area contributed by atoms with Gasteiger partial charge in [0, 0.05) is 23.1 Å². The Morgan fingerprint density at radius 1 is 1.24 bits per heavy atom. The number of methoxy groups -OCH3 is 1. The zero-order valence-electron chi connectivity index (χ0n) is 15.1. The van der Waals surface area contributed by atoms with Gasteiger partial charge in [0.05, 0.1) is 17.5 Å². The number of nitrogens with one attached hydrogen (secondary N) is 2. The number of nitro benzene ring substituents is 1. The topological polar surface area (TPSA) is 159 Å². The monoisotopic (exact) mass is 397 g/mol. The van der Waals surface area contributed by atoms with Gasteiger partial charge in [0.2, 0.25) is 5.88 Å². The maximum absolute atomic E-state index is 12.0. The quantitative estimate of drug-likeness (QED) is 0.329. The van der Waals surface area contributed by atoms with Crippen LogP contribution >= 0.6 is 0 Å². The predicted octanol–water partition coefficient (Wildman–Crippen LogP) is 2.83. The van der Waals surface area contributed by atoms with Crippen LogP contribution in [0, 0.1) is 10.1 Å². The molecular weight excluding hydrogens is 382 g/mol. The van der Waals surface area contributed by atoms with Crippen LogP contribution in [0.2, 0.25) is 0 Å². The molecule has 0 aliphatic carbocycles. The van der Waals surface area contributed by atoms with Crippen molar-refractivity contribution >= 4 is 34.1 Å². The number of benzene rings is 2. The number of hydrogen-bond donors (Lipinski definition) is 3. The molecule has 0 fully saturated rings. The Morgan fingerprint density at radius 2 is 1.97 bits per heavy atom. The molecule has 0 aliphatic heterocycles. The first-order valence-electron chi connectivity index (χ1n) is 8.25. The summed E-state index contributed by atoms with van der Waals surface area (Å²) in [7, 11) is 1.50. The van der Waals surface area contributed by atoms with E-state index in [1.165, 1.54) is 37.4 Å². The molecule has 2 aromatic carbocycles. The fourth-order valence-corrected chi connectivity index (χ4v) is 2.51. The van der Waals surface area contributed by atoms with Gasteiger partial charge in [-0.1, -0.05) is 0 Å². The molecule has 0 saturated carbocycles. The van der Waals surface area contributed by atoms with E-state index in [0.29, 0.717) is 16.8 Å². The number of aromatic nitrogens is 1. The summed E-state index contributed by atoms with van der Waals surface area (Å²) in [5.74, 6) is -1.06. The fraction of sp³-hybridized carbons (Fsp3) is 0.111. The van der Waals surface area contributed by atoms with Gasteiger partial charge in [-0.25, -0.2) is 0 Å². The number of rotatable bonds is 6. The lowest BCUT2D eigenvalue weighted by Crippen LogP contribution is -2.28. The van der Waals surface area contributed by atoms with Crippen LogP contribution in [0.4, 0.5) is 11.4 Å². The van der Waals surface area contributed by atoms with Gasteiger partial charge in [0.1, 0.15) is 12.3 Å². The molecule has 3 N–H and O–H groups in total. The predicted molar refractivity (Wildman–Crippen MR) is 101 cm³/mol. The van der Waals surface area contributed by atoms with Crippen LogP contribution in [0.1, 0.15) is 10.4 Å². The second-order valence-electron chi connectivity index (χ2n) is 5.81. The van der Waals surface area contributed by atoms with Crippen molar-refractivity contribution in [2.75, 3.05) is 13.7 Å². The summed E-state index contributed by atoms with van der Waals surface area (Å²) in [5, 5.41) is 30.6. The average molecular weight is 397 g/mol. The van der Waals surface area contributed by atoms with Crippen LogP contribution in [-0.2, 0) is 4.79 Å². The SMILES string of the molecule is COc1ccc(C(=O)NCC(=O)N=Nc2c(O)[nH]c3ccc([N+](=O)[O-])cc23)cc1. The molecule has 0 spiro atoms.